The molecule has 7 heteroatoms. The van der Waals surface area contributed by atoms with Crippen molar-refractivity contribution in [2.24, 2.45) is 0 Å². The first kappa shape index (κ1) is 18.7. The van der Waals surface area contributed by atoms with Crippen LogP contribution < -0.4 is 15.7 Å². The molecule has 0 aliphatic heterocycles. The number of para-hydroxylation sites is 2. The number of hydrogen-bond donors (Lipinski definition) is 1. The number of nitrogens with one attached hydrogen (secondary N) is 1. The summed E-state index contributed by atoms with van der Waals surface area (Å²) in [7, 11) is 1.56. The van der Waals surface area contributed by atoms with Crippen molar-refractivity contribution in [2.75, 3.05) is 7.11 Å². The molecule has 2 heterocycles. The maximum atomic E-state index is 12.7. The Hall–Kier alpha value is -3.09. The molecule has 1 aromatic carbocycles. The topological polar surface area (TPSA) is 78.2 Å². The van der Waals surface area contributed by atoms with E-state index in [-0.39, 0.29) is 18.0 Å². The number of benzene rings is 1. The van der Waals surface area contributed by atoms with Gasteiger partial charge in [0, 0.05) is 38.3 Å². The Bertz CT molecular complexity index is 973. The molecule has 142 valence electrons. The van der Waals surface area contributed by atoms with E-state index in [4.69, 9.17) is 4.74 Å². The molecule has 27 heavy (non-hydrogen) atoms. The number of carbonyl (C=O) groups excluding carboxylic acids is 1. The van der Waals surface area contributed by atoms with Gasteiger partial charge in [0.1, 0.15) is 0 Å². The van der Waals surface area contributed by atoms with E-state index in [9.17, 15) is 9.59 Å². The molecular formula is C20H24N4O3. The minimum Gasteiger partial charge on any atom is -0.481 e. The van der Waals surface area contributed by atoms with Crippen LogP contribution in [0.4, 0.5) is 0 Å². The van der Waals surface area contributed by atoms with E-state index in [0.29, 0.717) is 25.5 Å². The SMILES string of the molecule is CCCn1c(=O)n(CCC(=O)NCc2ccc(OC)nc2)c2ccccc21. The van der Waals surface area contributed by atoms with E-state index in [2.05, 4.69) is 10.3 Å². The van der Waals surface area contributed by atoms with E-state index >= 15 is 0 Å². The number of nitrogens with zero attached hydrogens (tertiary/aromatic N) is 3. The number of aromatic nitrogens is 3. The molecule has 0 aliphatic rings. The fourth-order valence-corrected chi connectivity index (χ4v) is 3.07. The largest absolute Gasteiger partial charge is 0.481 e. The van der Waals surface area contributed by atoms with Crippen LogP contribution in [0.15, 0.2) is 47.4 Å². The normalized spacial score (nSPS) is 10.9. The van der Waals surface area contributed by atoms with Crippen molar-refractivity contribution < 1.29 is 9.53 Å². The third-order valence-electron chi connectivity index (χ3n) is 4.43. The zero-order valence-corrected chi connectivity index (χ0v) is 15.6. The molecule has 2 aromatic heterocycles. The summed E-state index contributed by atoms with van der Waals surface area (Å²) in [6, 6.07) is 11.3. The monoisotopic (exact) mass is 368 g/mol. The third kappa shape index (κ3) is 4.19. The molecule has 3 aromatic rings. The van der Waals surface area contributed by atoms with Crippen LogP contribution in [0.2, 0.25) is 0 Å². The summed E-state index contributed by atoms with van der Waals surface area (Å²) in [5.41, 5.74) is 2.60. The molecule has 7 nitrogen and oxygen atoms in total. The van der Waals surface area contributed by atoms with Crippen LogP contribution in [0.1, 0.15) is 25.3 Å². The van der Waals surface area contributed by atoms with Gasteiger partial charge in [-0.1, -0.05) is 25.1 Å². The summed E-state index contributed by atoms with van der Waals surface area (Å²) >= 11 is 0. The first-order valence-electron chi connectivity index (χ1n) is 9.07. The van der Waals surface area contributed by atoms with Gasteiger partial charge in [-0.05, 0) is 24.1 Å². The average Bonchev–Trinajstić information content (AvgIpc) is 2.97. The molecule has 0 fully saturated rings. The van der Waals surface area contributed by atoms with E-state index < -0.39 is 0 Å². The van der Waals surface area contributed by atoms with Gasteiger partial charge < -0.3 is 10.1 Å². The molecule has 1 N–H and O–H groups in total. The number of hydrogen-bond acceptors (Lipinski definition) is 4. The molecule has 0 saturated heterocycles. The standard InChI is InChI=1S/C20H24N4O3/c1-3-11-23-16-6-4-5-7-17(16)24(20(23)26)12-10-18(25)21-13-15-8-9-19(27-2)22-14-15/h4-9,14H,3,10-13H2,1-2H3,(H,21,25). The van der Waals surface area contributed by atoms with Crippen molar-refractivity contribution in [3.05, 3.63) is 58.6 Å². The van der Waals surface area contributed by atoms with Crippen molar-refractivity contribution in [2.45, 2.75) is 39.4 Å². The molecule has 0 spiro atoms. The summed E-state index contributed by atoms with van der Waals surface area (Å²) in [6.07, 6.45) is 2.79. The first-order valence-corrected chi connectivity index (χ1v) is 9.07. The van der Waals surface area contributed by atoms with Gasteiger partial charge in [-0.15, -0.1) is 0 Å². The molecular weight excluding hydrogens is 344 g/mol. The van der Waals surface area contributed by atoms with Gasteiger partial charge in [-0.25, -0.2) is 9.78 Å². The lowest BCUT2D eigenvalue weighted by Gasteiger charge is -2.07. The van der Waals surface area contributed by atoms with E-state index in [0.717, 1.165) is 23.0 Å². The second kappa shape index (κ2) is 8.53. The van der Waals surface area contributed by atoms with Crippen LogP contribution in [0.3, 0.4) is 0 Å². The number of pyridine rings is 1. The van der Waals surface area contributed by atoms with Crippen molar-refractivity contribution in [1.29, 1.82) is 0 Å². The minimum absolute atomic E-state index is 0.0646. The fraction of sp³-hybridized carbons (Fsp3) is 0.350. The van der Waals surface area contributed by atoms with Crippen LogP contribution in [-0.4, -0.2) is 27.1 Å². The van der Waals surface area contributed by atoms with Gasteiger partial charge in [0.25, 0.3) is 0 Å². The second-order valence-corrected chi connectivity index (χ2v) is 6.31. The van der Waals surface area contributed by atoms with Gasteiger partial charge >= 0.3 is 5.69 Å². The van der Waals surface area contributed by atoms with Gasteiger partial charge in [0.15, 0.2) is 0 Å². The number of amides is 1. The van der Waals surface area contributed by atoms with Gasteiger partial charge in [0.2, 0.25) is 11.8 Å². The van der Waals surface area contributed by atoms with Crippen LogP contribution in [0.5, 0.6) is 5.88 Å². The number of carbonyl (C=O) groups is 1. The molecule has 0 atom stereocenters. The number of fused-ring (bicyclic) bond motifs is 1. The molecule has 0 unspecified atom stereocenters. The molecule has 0 radical (unpaired) electrons. The highest BCUT2D eigenvalue weighted by Gasteiger charge is 2.13. The third-order valence-corrected chi connectivity index (χ3v) is 4.43. The Morgan fingerprint density at radius 1 is 1.11 bits per heavy atom. The van der Waals surface area contributed by atoms with E-state index in [1.54, 1.807) is 28.5 Å². The quantitative estimate of drug-likeness (QED) is 0.662. The van der Waals surface area contributed by atoms with Gasteiger partial charge in [-0.2, -0.15) is 0 Å². The first-order chi connectivity index (χ1) is 13.1. The highest BCUT2D eigenvalue weighted by Crippen LogP contribution is 2.13. The smallest absolute Gasteiger partial charge is 0.329 e. The van der Waals surface area contributed by atoms with Crippen LogP contribution >= 0.6 is 0 Å². The van der Waals surface area contributed by atoms with Crippen LogP contribution in [0.25, 0.3) is 11.0 Å². The average molecular weight is 368 g/mol. The summed E-state index contributed by atoms with van der Waals surface area (Å²) in [5.74, 6) is 0.429. The molecule has 0 aliphatic carbocycles. The van der Waals surface area contributed by atoms with Crippen molar-refractivity contribution in [3.63, 3.8) is 0 Å². The number of imidazole rings is 1. The highest BCUT2D eigenvalue weighted by atomic mass is 16.5. The Morgan fingerprint density at radius 3 is 2.41 bits per heavy atom. The van der Waals surface area contributed by atoms with Crippen LogP contribution in [-0.2, 0) is 24.4 Å². The Morgan fingerprint density at radius 2 is 1.81 bits per heavy atom. The molecule has 0 bridgehead atoms. The zero-order valence-electron chi connectivity index (χ0n) is 15.6. The van der Waals surface area contributed by atoms with Gasteiger partial charge in [0.05, 0.1) is 18.1 Å². The predicted octanol–water partition coefficient (Wildman–Crippen LogP) is 2.32. The number of rotatable bonds is 8. The van der Waals surface area contributed by atoms with E-state index in [1.807, 2.05) is 37.3 Å². The Labute approximate surface area is 157 Å². The lowest BCUT2D eigenvalue weighted by atomic mass is 10.2. The van der Waals surface area contributed by atoms with Crippen LogP contribution in [0, 0.1) is 0 Å². The Kier molecular flexibility index (Phi) is 5.90. The molecule has 0 saturated carbocycles. The lowest BCUT2D eigenvalue weighted by molar-refractivity contribution is -0.121. The maximum Gasteiger partial charge on any atom is 0.329 e. The zero-order chi connectivity index (χ0) is 19.2. The maximum absolute atomic E-state index is 12.7. The van der Waals surface area contributed by atoms with Crippen molar-refractivity contribution in [3.8, 4) is 5.88 Å². The van der Waals surface area contributed by atoms with Crippen molar-refractivity contribution >= 4 is 16.9 Å². The number of aryl methyl sites for hydroxylation is 2. The summed E-state index contributed by atoms with van der Waals surface area (Å²) in [6.45, 7) is 3.45. The van der Waals surface area contributed by atoms with E-state index in [1.165, 1.54) is 0 Å². The predicted molar refractivity (Wildman–Crippen MR) is 104 cm³/mol. The highest BCUT2D eigenvalue weighted by molar-refractivity contribution is 5.78. The lowest BCUT2D eigenvalue weighted by Crippen LogP contribution is -2.28. The number of methoxy groups -OCH3 is 1. The molecule has 1 amide bonds. The second-order valence-electron chi connectivity index (χ2n) is 6.31. The minimum atomic E-state index is -0.106. The summed E-state index contributed by atoms with van der Waals surface area (Å²) < 4.78 is 8.47. The number of ether oxygens (including phenoxy) is 1. The summed E-state index contributed by atoms with van der Waals surface area (Å²) in [5, 5.41) is 2.86. The molecule has 3 rings (SSSR count). The van der Waals surface area contributed by atoms with Gasteiger partial charge in [-0.3, -0.25) is 13.9 Å². The fourth-order valence-electron chi connectivity index (χ4n) is 3.07. The summed E-state index contributed by atoms with van der Waals surface area (Å²) in [4.78, 5) is 29.0. The van der Waals surface area contributed by atoms with Crippen molar-refractivity contribution in [1.82, 2.24) is 19.4 Å². The Balaban J connectivity index is 1.64.